The number of halogens is 1. The largest absolute Gasteiger partial charge is 0.492 e. The third kappa shape index (κ3) is 6.53. The Kier molecular flexibility index (Phi) is 7.69. The number of carbonyl (C=O) groups excluding carboxylic acids is 2. The number of rotatable bonds is 9. The van der Waals surface area contributed by atoms with E-state index in [1.807, 2.05) is 18.2 Å². The van der Waals surface area contributed by atoms with Gasteiger partial charge in [0.1, 0.15) is 18.1 Å². The third-order valence-electron chi connectivity index (χ3n) is 4.03. The zero-order valence-corrected chi connectivity index (χ0v) is 16.9. The van der Waals surface area contributed by atoms with Gasteiger partial charge in [-0.15, -0.1) is 0 Å². The lowest BCUT2D eigenvalue weighted by molar-refractivity contribution is -0.123. The van der Waals surface area contributed by atoms with Gasteiger partial charge >= 0.3 is 0 Å². The Bertz CT molecular complexity index is 978. The normalized spacial score (nSPS) is 10.2. The van der Waals surface area contributed by atoms with Crippen LogP contribution in [0.5, 0.6) is 11.5 Å². The maximum absolute atomic E-state index is 12.5. The number of hydrogen-bond donors (Lipinski definition) is 2. The summed E-state index contributed by atoms with van der Waals surface area (Å²) >= 11 is 5.82. The smallest absolute Gasteiger partial charge is 0.259 e. The average Bonchev–Trinajstić information content (AvgIpc) is 2.77. The van der Waals surface area contributed by atoms with Gasteiger partial charge in [0.2, 0.25) is 0 Å². The predicted octanol–water partition coefficient (Wildman–Crippen LogP) is 4.17. The summed E-state index contributed by atoms with van der Waals surface area (Å²) in [6.45, 7) is 0.418. The molecule has 0 bridgehead atoms. The Labute approximate surface area is 179 Å². The lowest BCUT2D eigenvalue weighted by atomic mass is 10.2. The van der Waals surface area contributed by atoms with Crippen molar-refractivity contribution in [3.63, 3.8) is 0 Å². The molecule has 3 aromatic rings. The van der Waals surface area contributed by atoms with E-state index in [1.165, 1.54) is 0 Å². The molecule has 2 amide bonds. The minimum Gasteiger partial charge on any atom is -0.492 e. The molecule has 3 aromatic carbocycles. The summed E-state index contributed by atoms with van der Waals surface area (Å²) in [5.74, 6) is 0.378. The fraction of sp³-hybridized carbons (Fsp3) is 0.130. The number of benzene rings is 3. The van der Waals surface area contributed by atoms with Crippen molar-refractivity contribution < 1.29 is 19.1 Å². The van der Waals surface area contributed by atoms with E-state index < -0.39 is 0 Å². The standard InChI is InChI=1S/C23H21ClN2O4/c24-17-10-12-19(13-11-17)29-15-14-25-22(27)16-30-21-9-5-4-8-20(21)23(28)26-18-6-2-1-3-7-18/h1-13H,14-16H2,(H,25,27)(H,26,28). The van der Waals surface area contributed by atoms with Crippen LogP contribution in [0.3, 0.4) is 0 Å². The van der Waals surface area contributed by atoms with Crippen LogP contribution in [0.25, 0.3) is 0 Å². The second-order valence-corrected chi connectivity index (χ2v) is 6.69. The van der Waals surface area contributed by atoms with Crippen molar-refractivity contribution >= 4 is 29.1 Å². The number of ether oxygens (including phenoxy) is 2. The van der Waals surface area contributed by atoms with Crippen molar-refractivity contribution in [2.45, 2.75) is 0 Å². The highest BCUT2D eigenvalue weighted by atomic mass is 35.5. The molecular weight excluding hydrogens is 404 g/mol. The second-order valence-electron chi connectivity index (χ2n) is 6.26. The monoisotopic (exact) mass is 424 g/mol. The first-order valence-electron chi connectivity index (χ1n) is 9.35. The molecule has 0 saturated heterocycles. The number of carbonyl (C=O) groups is 2. The van der Waals surface area contributed by atoms with Crippen molar-refractivity contribution in [2.75, 3.05) is 25.1 Å². The summed E-state index contributed by atoms with van der Waals surface area (Å²) in [5, 5.41) is 6.14. The first-order chi connectivity index (χ1) is 14.6. The number of nitrogens with one attached hydrogen (secondary N) is 2. The maximum Gasteiger partial charge on any atom is 0.259 e. The van der Waals surface area contributed by atoms with Gasteiger partial charge < -0.3 is 20.1 Å². The topological polar surface area (TPSA) is 76.7 Å². The summed E-state index contributed by atoms with van der Waals surface area (Å²) < 4.78 is 11.1. The molecule has 0 aliphatic heterocycles. The Morgan fingerprint density at radius 2 is 1.53 bits per heavy atom. The van der Waals surface area contributed by atoms with Crippen molar-refractivity contribution in [2.24, 2.45) is 0 Å². The van der Waals surface area contributed by atoms with E-state index in [9.17, 15) is 9.59 Å². The van der Waals surface area contributed by atoms with Crippen LogP contribution >= 0.6 is 11.6 Å². The molecule has 0 spiro atoms. The van der Waals surface area contributed by atoms with Crippen molar-refractivity contribution in [1.82, 2.24) is 5.32 Å². The van der Waals surface area contributed by atoms with Crippen LogP contribution in [0.15, 0.2) is 78.9 Å². The van der Waals surface area contributed by atoms with Crippen LogP contribution in [0, 0.1) is 0 Å². The van der Waals surface area contributed by atoms with Gasteiger partial charge in [-0.25, -0.2) is 0 Å². The molecule has 0 unspecified atom stereocenters. The fourth-order valence-corrected chi connectivity index (χ4v) is 2.71. The highest BCUT2D eigenvalue weighted by Gasteiger charge is 2.13. The summed E-state index contributed by atoms with van der Waals surface area (Å²) in [5.41, 5.74) is 1.02. The molecule has 0 heterocycles. The van der Waals surface area contributed by atoms with E-state index in [-0.39, 0.29) is 18.4 Å². The van der Waals surface area contributed by atoms with Crippen molar-refractivity contribution in [1.29, 1.82) is 0 Å². The van der Waals surface area contributed by atoms with Gasteiger partial charge in [0.05, 0.1) is 12.1 Å². The van der Waals surface area contributed by atoms with Gasteiger partial charge in [0, 0.05) is 10.7 Å². The molecule has 0 aliphatic carbocycles. The first kappa shape index (κ1) is 21.2. The molecule has 7 heteroatoms. The zero-order valence-electron chi connectivity index (χ0n) is 16.1. The second kappa shape index (κ2) is 10.9. The Morgan fingerprint density at radius 3 is 2.30 bits per heavy atom. The van der Waals surface area contributed by atoms with Gasteiger partial charge in [-0.3, -0.25) is 9.59 Å². The zero-order chi connectivity index (χ0) is 21.2. The van der Waals surface area contributed by atoms with Crippen LogP contribution in [0.4, 0.5) is 5.69 Å². The molecule has 0 aliphatic rings. The Balaban J connectivity index is 1.45. The van der Waals surface area contributed by atoms with E-state index in [2.05, 4.69) is 10.6 Å². The summed E-state index contributed by atoms with van der Waals surface area (Å²) in [6, 6.07) is 22.9. The van der Waals surface area contributed by atoms with E-state index in [0.717, 1.165) is 0 Å². The molecule has 2 N–H and O–H groups in total. The highest BCUT2D eigenvalue weighted by Crippen LogP contribution is 2.20. The van der Waals surface area contributed by atoms with Crippen LogP contribution < -0.4 is 20.1 Å². The molecule has 0 aromatic heterocycles. The molecule has 30 heavy (non-hydrogen) atoms. The van der Waals surface area contributed by atoms with E-state index >= 15 is 0 Å². The number of anilines is 1. The molecule has 6 nitrogen and oxygen atoms in total. The van der Waals surface area contributed by atoms with Crippen LogP contribution in [0.2, 0.25) is 5.02 Å². The molecule has 0 radical (unpaired) electrons. The Morgan fingerprint density at radius 1 is 0.833 bits per heavy atom. The molecule has 3 rings (SSSR count). The molecular formula is C23H21ClN2O4. The molecule has 0 atom stereocenters. The maximum atomic E-state index is 12.5. The quantitative estimate of drug-likeness (QED) is 0.505. The van der Waals surface area contributed by atoms with Crippen LogP contribution in [-0.2, 0) is 4.79 Å². The van der Waals surface area contributed by atoms with Crippen molar-refractivity contribution in [3.05, 3.63) is 89.4 Å². The highest BCUT2D eigenvalue weighted by molar-refractivity contribution is 6.30. The molecule has 0 fully saturated rings. The third-order valence-corrected chi connectivity index (χ3v) is 4.28. The fourth-order valence-electron chi connectivity index (χ4n) is 2.58. The van der Waals surface area contributed by atoms with E-state index in [4.69, 9.17) is 21.1 Å². The number of hydrogen-bond acceptors (Lipinski definition) is 4. The molecule has 0 saturated carbocycles. The summed E-state index contributed by atoms with van der Waals surface area (Å²) in [4.78, 5) is 24.6. The number of para-hydroxylation sites is 2. The molecule has 154 valence electrons. The summed E-state index contributed by atoms with van der Waals surface area (Å²) in [6.07, 6.45) is 0. The predicted molar refractivity (Wildman–Crippen MR) is 116 cm³/mol. The summed E-state index contributed by atoms with van der Waals surface area (Å²) in [7, 11) is 0. The minimum absolute atomic E-state index is 0.212. The minimum atomic E-state index is -0.312. The van der Waals surface area contributed by atoms with Gasteiger partial charge in [-0.05, 0) is 48.5 Å². The van der Waals surface area contributed by atoms with E-state index in [1.54, 1.807) is 60.7 Å². The first-order valence-corrected chi connectivity index (χ1v) is 9.73. The van der Waals surface area contributed by atoms with Gasteiger partial charge in [-0.2, -0.15) is 0 Å². The SMILES string of the molecule is O=C(COc1ccccc1C(=O)Nc1ccccc1)NCCOc1ccc(Cl)cc1. The van der Waals surface area contributed by atoms with Crippen molar-refractivity contribution in [3.8, 4) is 11.5 Å². The van der Waals surface area contributed by atoms with Crippen LogP contribution in [-0.4, -0.2) is 31.6 Å². The number of amides is 2. The Hall–Kier alpha value is -3.51. The van der Waals surface area contributed by atoms with Gasteiger partial charge in [-0.1, -0.05) is 41.9 Å². The van der Waals surface area contributed by atoms with E-state index in [0.29, 0.717) is 40.9 Å². The van der Waals surface area contributed by atoms with Gasteiger partial charge in [0.15, 0.2) is 6.61 Å². The van der Waals surface area contributed by atoms with Gasteiger partial charge in [0.25, 0.3) is 11.8 Å². The lowest BCUT2D eigenvalue weighted by Crippen LogP contribution is -2.32. The van der Waals surface area contributed by atoms with Crippen LogP contribution in [0.1, 0.15) is 10.4 Å². The average molecular weight is 425 g/mol. The lowest BCUT2D eigenvalue weighted by Gasteiger charge is -2.12.